The van der Waals surface area contributed by atoms with Crippen LogP contribution in [0.3, 0.4) is 0 Å². The monoisotopic (exact) mass is 348 g/mol. The summed E-state index contributed by atoms with van der Waals surface area (Å²) in [6.45, 7) is 6.44. The highest BCUT2D eigenvalue weighted by Gasteiger charge is 2.13. The molecule has 1 heterocycles. The molecule has 2 rings (SSSR count). The SMILES string of the molecule is Cc1cccc(-n2nnnc2SCC(=O)NC(=O)NCC(C)C)c1. The van der Waals surface area contributed by atoms with Gasteiger partial charge in [-0.05, 0) is 41.0 Å². The van der Waals surface area contributed by atoms with Crippen LogP contribution in [-0.4, -0.2) is 44.4 Å². The number of aryl methyl sites for hydroxylation is 1. The molecule has 128 valence electrons. The maximum atomic E-state index is 11.8. The van der Waals surface area contributed by atoms with Gasteiger partial charge in [-0.2, -0.15) is 4.68 Å². The van der Waals surface area contributed by atoms with Crippen LogP contribution in [-0.2, 0) is 4.79 Å². The highest BCUT2D eigenvalue weighted by atomic mass is 32.2. The molecule has 9 heteroatoms. The lowest BCUT2D eigenvalue weighted by Crippen LogP contribution is -2.41. The first-order chi connectivity index (χ1) is 11.5. The van der Waals surface area contributed by atoms with Gasteiger partial charge in [-0.25, -0.2) is 4.79 Å². The van der Waals surface area contributed by atoms with Crippen LogP contribution in [0.2, 0.25) is 0 Å². The zero-order valence-corrected chi connectivity index (χ0v) is 14.6. The van der Waals surface area contributed by atoms with E-state index in [9.17, 15) is 9.59 Å². The van der Waals surface area contributed by atoms with E-state index in [4.69, 9.17) is 0 Å². The van der Waals surface area contributed by atoms with Crippen LogP contribution in [0.15, 0.2) is 29.4 Å². The quantitative estimate of drug-likeness (QED) is 0.768. The molecule has 2 N–H and O–H groups in total. The minimum Gasteiger partial charge on any atom is -0.338 e. The smallest absolute Gasteiger partial charge is 0.321 e. The van der Waals surface area contributed by atoms with Crippen molar-refractivity contribution in [1.29, 1.82) is 0 Å². The average Bonchev–Trinajstić information content (AvgIpc) is 2.99. The van der Waals surface area contributed by atoms with E-state index >= 15 is 0 Å². The number of urea groups is 1. The number of thioether (sulfide) groups is 1. The van der Waals surface area contributed by atoms with Crippen LogP contribution >= 0.6 is 11.8 Å². The molecule has 0 fully saturated rings. The van der Waals surface area contributed by atoms with Gasteiger partial charge in [-0.3, -0.25) is 10.1 Å². The Balaban J connectivity index is 1.90. The van der Waals surface area contributed by atoms with Gasteiger partial charge in [-0.1, -0.05) is 37.7 Å². The number of hydrogen-bond acceptors (Lipinski definition) is 6. The molecule has 0 aliphatic heterocycles. The van der Waals surface area contributed by atoms with E-state index in [0.29, 0.717) is 17.6 Å². The Labute approximate surface area is 144 Å². The first kappa shape index (κ1) is 17.9. The van der Waals surface area contributed by atoms with Crippen LogP contribution < -0.4 is 10.6 Å². The molecule has 3 amide bonds. The lowest BCUT2D eigenvalue weighted by Gasteiger charge is -2.08. The summed E-state index contributed by atoms with van der Waals surface area (Å²) in [5.74, 6) is -0.0411. The van der Waals surface area contributed by atoms with Crippen LogP contribution in [0.1, 0.15) is 19.4 Å². The number of rotatable bonds is 6. The van der Waals surface area contributed by atoms with Crippen LogP contribution in [0, 0.1) is 12.8 Å². The highest BCUT2D eigenvalue weighted by Crippen LogP contribution is 2.18. The molecular weight excluding hydrogens is 328 g/mol. The molecule has 0 aliphatic carbocycles. The van der Waals surface area contributed by atoms with Crippen molar-refractivity contribution in [1.82, 2.24) is 30.8 Å². The van der Waals surface area contributed by atoms with Crippen molar-refractivity contribution in [3.05, 3.63) is 29.8 Å². The van der Waals surface area contributed by atoms with Gasteiger partial charge >= 0.3 is 6.03 Å². The van der Waals surface area contributed by atoms with Crippen LogP contribution in [0.25, 0.3) is 5.69 Å². The van der Waals surface area contributed by atoms with Gasteiger partial charge in [0.05, 0.1) is 11.4 Å². The van der Waals surface area contributed by atoms with Gasteiger partial charge in [0, 0.05) is 6.54 Å². The zero-order chi connectivity index (χ0) is 17.5. The number of carbonyl (C=O) groups is 2. The van der Waals surface area contributed by atoms with E-state index in [2.05, 4.69) is 26.2 Å². The summed E-state index contributed by atoms with van der Waals surface area (Å²) in [5.41, 5.74) is 1.90. The fourth-order valence-corrected chi connectivity index (χ4v) is 2.52. The van der Waals surface area contributed by atoms with Gasteiger partial charge < -0.3 is 5.32 Å². The minimum atomic E-state index is -0.493. The van der Waals surface area contributed by atoms with Gasteiger partial charge in [0.2, 0.25) is 11.1 Å². The summed E-state index contributed by atoms with van der Waals surface area (Å²) < 4.78 is 1.56. The third-order valence-corrected chi connectivity index (χ3v) is 3.86. The molecule has 0 bridgehead atoms. The standard InChI is InChI=1S/C15H20N6O2S/c1-10(2)8-16-14(23)17-13(22)9-24-15-18-19-20-21(15)12-6-4-5-11(3)7-12/h4-7,10H,8-9H2,1-3H3,(H2,16,17,22,23). The van der Waals surface area contributed by atoms with E-state index in [0.717, 1.165) is 23.0 Å². The summed E-state index contributed by atoms with van der Waals surface area (Å²) in [5, 5.41) is 16.9. The molecule has 0 radical (unpaired) electrons. The van der Waals surface area contributed by atoms with Crippen molar-refractivity contribution >= 4 is 23.7 Å². The van der Waals surface area contributed by atoms with Gasteiger partial charge in [0.25, 0.3) is 0 Å². The van der Waals surface area contributed by atoms with Gasteiger partial charge in [-0.15, -0.1) is 5.10 Å². The minimum absolute atomic E-state index is 0.0429. The van der Waals surface area contributed by atoms with Gasteiger partial charge in [0.1, 0.15) is 0 Å². The Morgan fingerprint density at radius 2 is 2.12 bits per heavy atom. The average molecular weight is 348 g/mol. The van der Waals surface area contributed by atoms with Crippen molar-refractivity contribution in [2.45, 2.75) is 25.9 Å². The summed E-state index contributed by atoms with van der Waals surface area (Å²) in [4.78, 5) is 23.4. The summed E-state index contributed by atoms with van der Waals surface area (Å²) in [6, 6.07) is 7.22. The lowest BCUT2D eigenvalue weighted by molar-refractivity contribution is -0.117. The second-order valence-electron chi connectivity index (χ2n) is 5.65. The number of carbonyl (C=O) groups excluding carboxylic acids is 2. The first-order valence-corrected chi connectivity index (χ1v) is 8.50. The Morgan fingerprint density at radius 1 is 1.33 bits per heavy atom. The molecule has 0 aliphatic rings. The number of nitrogens with zero attached hydrogens (tertiary/aromatic N) is 4. The van der Waals surface area contributed by atoms with Crippen molar-refractivity contribution < 1.29 is 9.59 Å². The van der Waals surface area contributed by atoms with E-state index in [1.165, 1.54) is 0 Å². The second kappa shape index (κ2) is 8.44. The molecule has 2 aromatic rings. The maximum absolute atomic E-state index is 11.8. The summed E-state index contributed by atoms with van der Waals surface area (Å²) in [6.07, 6.45) is 0. The zero-order valence-electron chi connectivity index (χ0n) is 13.8. The van der Waals surface area contributed by atoms with Crippen molar-refractivity contribution in [3.8, 4) is 5.69 Å². The molecule has 0 atom stereocenters. The van der Waals surface area contributed by atoms with E-state index in [1.807, 2.05) is 45.0 Å². The van der Waals surface area contributed by atoms with Crippen molar-refractivity contribution in [3.63, 3.8) is 0 Å². The highest BCUT2D eigenvalue weighted by molar-refractivity contribution is 7.99. The molecule has 0 saturated heterocycles. The van der Waals surface area contributed by atoms with Gasteiger partial charge in [0.15, 0.2) is 0 Å². The Morgan fingerprint density at radius 3 is 2.83 bits per heavy atom. The molecule has 0 spiro atoms. The molecular formula is C15H20N6O2S. The Hall–Kier alpha value is -2.42. The maximum Gasteiger partial charge on any atom is 0.321 e. The number of hydrogen-bond donors (Lipinski definition) is 2. The largest absolute Gasteiger partial charge is 0.338 e. The first-order valence-electron chi connectivity index (χ1n) is 7.51. The predicted octanol–water partition coefficient (Wildman–Crippen LogP) is 1.54. The number of nitrogens with one attached hydrogen (secondary N) is 2. The number of tetrazole rings is 1. The number of amides is 3. The molecule has 8 nitrogen and oxygen atoms in total. The van der Waals surface area contributed by atoms with Crippen molar-refractivity contribution in [2.75, 3.05) is 12.3 Å². The molecule has 1 aromatic carbocycles. The van der Waals surface area contributed by atoms with E-state index < -0.39 is 11.9 Å². The van der Waals surface area contributed by atoms with Crippen LogP contribution in [0.5, 0.6) is 0 Å². The Kier molecular flexibility index (Phi) is 6.30. The Bertz CT molecular complexity index is 715. The molecule has 24 heavy (non-hydrogen) atoms. The fourth-order valence-electron chi connectivity index (χ4n) is 1.82. The van der Waals surface area contributed by atoms with Crippen molar-refractivity contribution in [2.24, 2.45) is 5.92 Å². The predicted molar refractivity (Wildman–Crippen MR) is 91.0 cm³/mol. The molecule has 0 saturated carbocycles. The third kappa shape index (κ3) is 5.34. The second-order valence-corrected chi connectivity index (χ2v) is 6.60. The number of aromatic nitrogens is 4. The topological polar surface area (TPSA) is 102 Å². The summed E-state index contributed by atoms with van der Waals surface area (Å²) >= 11 is 1.16. The van der Waals surface area contributed by atoms with E-state index in [-0.39, 0.29) is 5.75 Å². The number of imide groups is 1. The molecule has 0 unspecified atom stereocenters. The third-order valence-electron chi connectivity index (χ3n) is 2.94. The summed E-state index contributed by atoms with van der Waals surface area (Å²) in [7, 11) is 0. The number of benzene rings is 1. The lowest BCUT2D eigenvalue weighted by atomic mass is 10.2. The normalized spacial score (nSPS) is 10.7. The molecule has 1 aromatic heterocycles. The van der Waals surface area contributed by atoms with Crippen LogP contribution in [0.4, 0.5) is 4.79 Å². The fraction of sp³-hybridized carbons (Fsp3) is 0.400. The van der Waals surface area contributed by atoms with E-state index in [1.54, 1.807) is 4.68 Å².